The molecule has 0 aromatic carbocycles. The molecule has 3 saturated carbocycles. The quantitative estimate of drug-likeness (QED) is 0.261. The molecule has 234 valence electrons. The molecule has 9 atom stereocenters. The molecule has 0 N–H and O–H groups in total. The zero-order valence-corrected chi connectivity index (χ0v) is 30.5. The van der Waals surface area contributed by atoms with Crippen LogP contribution in [0.4, 0.5) is 0 Å². The first-order valence-corrected chi connectivity index (χ1v) is 17.6. The molecule has 0 bridgehead atoms. The van der Waals surface area contributed by atoms with E-state index >= 15 is 0 Å². The average molecular weight is 555 g/mol. The second-order valence-corrected chi connectivity index (χ2v) is 20.5. The van der Waals surface area contributed by atoms with Gasteiger partial charge in [-0.3, -0.25) is 0 Å². The summed E-state index contributed by atoms with van der Waals surface area (Å²) < 4.78 is 0. The van der Waals surface area contributed by atoms with Gasteiger partial charge < -0.3 is 0 Å². The Bertz CT molecular complexity index is 875. The third-order valence-electron chi connectivity index (χ3n) is 13.0. The second kappa shape index (κ2) is 11.3. The highest BCUT2D eigenvalue weighted by atomic mass is 14.6. The van der Waals surface area contributed by atoms with Crippen molar-refractivity contribution >= 4 is 0 Å². The van der Waals surface area contributed by atoms with Crippen molar-refractivity contribution in [2.24, 2.45) is 73.9 Å². The van der Waals surface area contributed by atoms with Crippen LogP contribution in [0.25, 0.3) is 0 Å². The standard InChI is InChI=1S/C20H38.C20H36/c2*1-14-11-12-20(8)15(13-14)9-10-16(18(2,3)4)17(20)19(5,6)7/h14-17H,9-13H2,1-8H3;9,14,16-17H,10-13H2,1-8H3/t14-,15?,16?,17?,20-;14-,16?,17?,20-/m00/s1. The summed E-state index contributed by atoms with van der Waals surface area (Å²) in [6.07, 6.45) is 15.4. The highest BCUT2D eigenvalue weighted by Crippen LogP contribution is 2.64. The first-order chi connectivity index (χ1) is 17.9. The van der Waals surface area contributed by atoms with Crippen molar-refractivity contribution < 1.29 is 0 Å². The van der Waals surface area contributed by atoms with Crippen molar-refractivity contribution in [2.45, 2.75) is 169 Å². The molecule has 0 spiro atoms. The van der Waals surface area contributed by atoms with Gasteiger partial charge in [0.2, 0.25) is 0 Å². The molecular formula is C40H74. The van der Waals surface area contributed by atoms with Gasteiger partial charge in [0.1, 0.15) is 0 Å². The summed E-state index contributed by atoms with van der Waals surface area (Å²) in [4.78, 5) is 0. The van der Waals surface area contributed by atoms with E-state index < -0.39 is 0 Å². The zero-order chi connectivity index (χ0) is 30.7. The Balaban J connectivity index is 0.000000220. The van der Waals surface area contributed by atoms with Gasteiger partial charge in [0, 0.05) is 0 Å². The van der Waals surface area contributed by atoms with Crippen LogP contribution in [0, 0.1) is 73.9 Å². The SMILES string of the molecule is C[C@H]1CC[C@@]2(C)C(=CCC(C(C)(C)C)C2C(C)(C)C)C1.C[C@H]1CC[C@@]2(C)C(CCC(C(C)(C)C)C2C(C)(C)C)C1. The lowest BCUT2D eigenvalue weighted by molar-refractivity contribution is -0.123. The number of hydrogen-bond acceptors (Lipinski definition) is 0. The van der Waals surface area contributed by atoms with E-state index in [1.807, 2.05) is 0 Å². The fourth-order valence-corrected chi connectivity index (χ4v) is 11.4. The van der Waals surface area contributed by atoms with Crippen LogP contribution in [0.2, 0.25) is 0 Å². The number of fused-ring (bicyclic) bond motifs is 2. The first kappa shape index (κ1) is 34.2. The van der Waals surface area contributed by atoms with Crippen molar-refractivity contribution in [1.29, 1.82) is 0 Å². The van der Waals surface area contributed by atoms with E-state index in [0.717, 1.165) is 41.4 Å². The lowest BCUT2D eigenvalue weighted by Gasteiger charge is -2.61. The van der Waals surface area contributed by atoms with E-state index in [1.54, 1.807) is 5.57 Å². The second-order valence-electron chi connectivity index (χ2n) is 20.5. The van der Waals surface area contributed by atoms with Crippen LogP contribution in [-0.2, 0) is 0 Å². The molecule has 0 aromatic heterocycles. The summed E-state index contributed by atoms with van der Waals surface area (Å²) in [6, 6.07) is 0. The molecule has 0 amide bonds. The minimum absolute atomic E-state index is 0.396. The maximum absolute atomic E-state index is 2.65. The third kappa shape index (κ3) is 6.93. The summed E-state index contributed by atoms with van der Waals surface area (Å²) >= 11 is 0. The molecule has 0 nitrogen and oxygen atoms in total. The molecule has 0 radical (unpaired) electrons. The number of rotatable bonds is 0. The number of hydrogen-bond donors (Lipinski definition) is 0. The van der Waals surface area contributed by atoms with Gasteiger partial charge in [0.15, 0.2) is 0 Å². The molecule has 5 unspecified atom stereocenters. The molecule has 0 aromatic rings. The normalized spacial score (nSPS) is 41.2. The van der Waals surface area contributed by atoms with Crippen LogP contribution in [0.1, 0.15) is 169 Å². The van der Waals surface area contributed by atoms with Gasteiger partial charge in [-0.25, -0.2) is 0 Å². The van der Waals surface area contributed by atoms with Crippen molar-refractivity contribution in [2.75, 3.05) is 0 Å². The maximum atomic E-state index is 2.65. The van der Waals surface area contributed by atoms with E-state index in [1.165, 1.54) is 57.8 Å². The van der Waals surface area contributed by atoms with Gasteiger partial charge in [-0.1, -0.05) is 129 Å². The molecule has 40 heavy (non-hydrogen) atoms. The Morgan fingerprint density at radius 1 is 0.600 bits per heavy atom. The lowest BCUT2D eigenvalue weighted by Crippen LogP contribution is -2.54. The van der Waals surface area contributed by atoms with Gasteiger partial charge in [-0.2, -0.15) is 0 Å². The van der Waals surface area contributed by atoms with Crippen LogP contribution >= 0.6 is 0 Å². The highest BCUT2D eigenvalue weighted by Gasteiger charge is 2.56. The lowest BCUT2D eigenvalue weighted by atomic mass is 9.44. The van der Waals surface area contributed by atoms with E-state index in [4.69, 9.17) is 0 Å². The first-order valence-electron chi connectivity index (χ1n) is 17.6. The monoisotopic (exact) mass is 555 g/mol. The van der Waals surface area contributed by atoms with Gasteiger partial charge in [-0.15, -0.1) is 0 Å². The van der Waals surface area contributed by atoms with Crippen molar-refractivity contribution in [3.05, 3.63) is 11.6 Å². The molecule has 4 aliphatic rings. The number of allylic oxidation sites excluding steroid dienone is 2. The van der Waals surface area contributed by atoms with Crippen LogP contribution in [0.15, 0.2) is 11.6 Å². The van der Waals surface area contributed by atoms with Crippen LogP contribution in [-0.4, -0.2) is 0 Å². The maximum Gasteiger partial charge on any atom is -0.00800 e. The Hall–Kier alpha value is -0.260. The summed E-state index contributed by atoms with van der Waals surface area (Å²) in [6.45, 7) is 39.8. The van der Waals surface area contributed by atoms with E-state index in [0.29, 0.717) is 32.5 Å². The molecule has 0 heteroatoms. The van der Waals surface area contributed by atoms with E-state index in [-0.39, 0.29) is 0 Å². The zero-order valence-electron chi connectivity index (χ0n) is 30.5. The molecule has 4 rings (SSSR count). The Kier molecular flexibility index (Phi) is 9.71. The summed E-state index contributed by atoms with van der Waals surface area (Å²) in [5.41, 5.74) is 4.51. The summed E-state index contributed by atoms with van der Waals surface area (Å²) in [5.74, 6) is 6.21. The molecular weight excluding hydrogens is 480 g/mol. The molecule has 0 saturated heterocycles. The predicted molar refractivity (Wildman–Crippen MR) is 179 cm³/mol. The molecule has 4 aliphatic carbocycles. The van der Waals surface area contributed by atoms with E-state index in [9.17, 15) is 0 Å². The summed E-state index contributed by atoms with van der Waals surface area (Å²) in [5, 5.41) is 0. The molecule has 3 fully saturated rings. The molecule has 0 heterocycles. The highest BCUT2D eigenvalue weighted by molar-refractivity contribution is 5.24. The molecule has 0 aliphatic heterocycles. The van der Waals surface area contributed by atoms with Crippen LogP contribution in [0.3, 0.4) is 0 Å². The fourth-order valence-electron chi connectivity index (χ4n) is 11.4. The van der Waals surface area contributed by atoms with Gasteiger partial charge >= 0.3 is 0 Å². The Morgan fingerprint density at radius 3 is 1.62 bits per heavy atom. The topological polar surface area (TPSA) is 0 Å². The Morgan fingerprint density at radius 2 is 1.12 bits per heavy atom. The smallest absolute Gasteiger partial charge is 0.00800 e. The van der Waals surface area contributed by atoms with Gasteiger partial charge in [0.25, 0.3) is 0 Å². The van der Waals surface area contributed by atoms with Crippen LogP contribution < -0.4 is 0 Å². The van der Waals surface area contributed by atoms with Crippen LogP contribution in [0.5, 0.6) is 0 Å². The summed E-state index contributed by atoms with van der Waals surface area (Å²) in [7, 11) is 0. The van der Waals surface area contributed by atoms with Gasteiger partial charge in [0.05, 0.1) is 0 Å². The largest absolute Gasteiger partial charge is 0.0845 e. The predicted octanol–water partition coefficient (Wildman–Crippen LogP) is 13.0. The average Bonchev–Trinajstić information content (AvgIpc) is 2.76. The van der Waals surface area contributed by atoms with Crippen molar-refractivity contribution in [3.63, 3.8) is 0 Å². The minimum atomic E-state index is 0.396. The fraction of sp³-hybridized carbons (Fsp3) is 0.950. The minimum Gasteiger partial charge on any atom is -0.0845 e. The van der Waals surface area contributed by atoms with Crippen molar-refractivity contribution in [3.8, 4) is 0 Å². The Labute approximate surface area is 253 Å². The van der Waals surface area contributed by atoms with Gasteiger partial charge in [-0.05, 0) is 125 Å². The van der Waals surface area contributed by atoms with E-state index in [2.05, 4.69) is 117 Å². The third-order valence-corrected chi connectivity index (χ3v) is 13.0. The van der Waals surface area contributed by atoms with Crippen molar-refractivity contribution in [1.82, 2.24) is 0 Å².